The van der Waals surface area contributed by atoms with Crippen LogP contribution in [0.5, 0.6) is 0 Å². The van der Waals surface area contributed by atoms with E-state index in [-0.39, 0.29) is 0 Å². The van der Waals surface area contributed by atoms with Gasteiger partial charge in [-0.2, -0.15) is 0 Å². The summed E-state index contributed by atoms with van der Waals surface area (Å²) in [7, 11) is 3.84. The fourth-order valence-corrected chi connectivity index (χ4v) is 3.01. The molecule has 0 bridgehead atoms. The smallest absolute Gasteiger partial charge is 0.0259 e. The van der Waals surface area contributed by atoms with E-state index in [9.17, 15) is 0 Å². The van der Waals surface area contributed by atoms with Crippen LogP contribution in [0.4, 0.5) is 0 Å². The molecule has 9 heavy (non-hydrogen) atoms. The minimum atomic E-state index is 1.27. The number of rotatable bonds is 3. The minimum absolute atomic E-state index is 1.27. The fourth-order valence-electron chi connectivity index (χ4n) is 0.781. The SMILES string of the molecule is CCCCC1=CSSC1. The number of hydrogen-bond donors (Lipinski definition) is 0. The van der Waals surface area contributed by atoms with E-state index in [1.807, 2.05) is 21.6 Å². The third-order valence-corrected chi connectivity index (χ3v) is 3.48. The van der Waals surface area contributed by atoms with E-state index in [0.29, 0.717) is 0 Å². The maximum absolute atomic E-state index is 2.31. The molecule has 1 heterocycles. The topological polar surface area (TPSA) is 0 Å². The van der Waals surface area contributed by atoms with E-state index in [4.69, 9.17) is 0 Å². The zero-order chi connectivity index (χ0) is 6.53. The van der Waals surface area contributed by atoms with E-state index in [0.717, 1.165) is 0 Å². The molecule has 0 atom stereocenters. The molecular weight excluding hydrogens is 148 g/mol. The van der Waals surface area contributed by atoms with E-state index in [2.05, 4.69) is 12.3 Å². The Labute approximate surface area is 64.9 Å². The summed E-state index contributed by atoms with van der Waals surface area (Å²) in [4.78, 5) is 0. The van der Waals surface area contributed by atoms with Crippen LogP contribution in [0.2, 0.25) is 0 Å². The zero-order valence-electron chi connectivity index (χ0n) is 5.72. The van der Waals surface area contributed by atoms with Gasteiger partial charge in [-0.1, -0.05) is 40.5 Å². The van der Waals surface area contributed by atoms with Gasteiger partial charge in [-0.25, -0.2) is 0 Å². The molecule has 0 N–H and O–H groups in total. The van der Waals surface area contributed by atoms with Crippen molar-refractivity contribution in [2.45, 2.75) is 26.2 Å². The summed E-state index contributed by atoms with van der Waals surface area (Å²) in [6.45, 7) is 2.25. The van der Waals surface area contributed by atoms with Crippen molar-refractivity contribution in [2.24, 2.45) is 0 Å². The van der Waals surface area contributed by atoms with Gasteiger partial charge in [0.25, 0.3) is 0 Å². The molecule has 0 aromatic rings. The first-order valence-corrected chi connectivity index (χ1v) is 5.78. The van der Waals surface area contributed by atoms with Crippen LogP contribution in [0.1, 0.15) is 26.2 Å². The highest BCUT2D eigenvalue weighted by Gasteiger charge is 2.03. The van der Waals surface area contributed by atoms with Crippen LogP contribution < -0.4 is 0 Å². The molecule has 0 saturated heterocycles. The van der Waals surface area contributed by atoms with Crippen molar-refractivity contribution in [1.82, 2.24) is 0 Å². The van der Waals surface area contributed by atoms with Gasteiger partial charge in [0, 0.05) is 5.75 Å². The second-order valence-electron chi connectivity index (χ2n) is 2.24. The normalized spacial score (nSPS) is 18.1. The third-order valence-electron chi connectivity index (χ3n) is 1.38. The summed E-state index contributed by atoms with van der Waals surface area (Å²) in [6, 6.07) is 0. The van der Waals surface area contributed by atoms with Crippen LogP contribution in [0, 0.1) is 0 Å². The van der Waals surface area contributed by atoms with Gasteiger partial charge in [-0.05, 0) is 18.2 Å². The minimum Gasteiger partial charge on any atom is -0.0851 e. The van der Waals surface area contributed by atoms with Crippen molar-refractivity contribution < 1.29 is 0 Å². The first-order valence-electron chi connectivity index (χ1n) is 3.39. The Kier molecular flexibility index (Phi) is 3.59. The highest BCUT2D eigenvalue weighted by atomic mass is 33.1. The van der Waals surface area contributed by atoms with E-state index >= 15 is 0 Å². The van der Waals surface area contributed by atoms with Crippen LogP contribution >= 0.6 is 21.6 Å². The van der Waals surface area contributed by atoms with Gasteiger partial charge in [-0.15, -0.1) is 0 Å². The molecule has 1 aliphatic rings. The Balaban J connectivity index is 2.11. The molecule has 0 saturated carbocycles. The summed E-state index contributed by atoms with van der Waals surface area (Å²) in [5, 5.41) is 2.31. The summed E-state index contributed by atoms with van der Waals surface area (Å²) < 4.78 is 0. The number of unbranched alkanes of at least 4 members (excludes halogenated alkanes) is 1. The van der Waals surface area contributed by atoms with E-state index < -0.39 is 0 Å². The second-order valence-corrected chi connectivity index (χ2v) is 4.48. The molecule has 0 radical (unpaired) electrons. The molecule has 0 fully saturated rings. The van der Waals surface area contributed by atoms with Gasteiger partial charge < -0.3 is 0 Å². The van der Waals surface area contributed by atoms with Gasteiger partial charge in [-0.3, -0.25) is 0 Å². The Bertz CT molecular complexity index is 107. The Morgan fingerprint density at radius 1 is 1.67 bits per heavy atom. The van der Waals surface area contributed by atoms with Gasteiger partial charge in [0.2, 0.25) is 0 Å². The summed E-state index contributed by atoms with van der Waals surface area (Å²) in [6.07, 6.45) is 4.02. The first kappa shape index (κ1) is 7.55. The standard InChI is InChI=1S/C7H12S2/c1-2-3-4-7-5-8-9-6-7/h5H,2-4,6H2,1H3. The molecule has 1 rings (SSSR count). The van der Waals surface area contributed by atoms with Crippen molar-refractivity contribution in [3.05, 3.63) is 11.0 Å². The maximum atomic E-state index is 2.31. The molecule has 0 spiro atoms. The molecule has 1 aliphatic heterocycles. The van der Waals surface area contributed by atoms with E-state index in [1.165, 1.54) is 25.0 Å². The third kappa shape index (κ3) is 2.67. The average Bonchev–Trinajstić information content (AvgIpc) is 2.34. The van der Waals surface area contributed by atoms with Crippen LogP contribution in [0.15, 0.2) is 11.0 Å². The average molecular weight is 160 g/mol. The predicted octanol–water partition coefficient (Wildman–Crippen LogP) is 3.46. The highest BCUT2D eigenvalue weighted by Crippen LogP contribution is 2.35. The van der Waals surface area contributed by atoms with Crippen molar-refractivity contribution >= 4 is 21.6 Å². The molecule has 0 nitrogen and oxygen atoms in total. The molecule has 0 unspecified atom stereocenters. The number of hydrogen-bond acceptors (Lipinski definition) is 2. The van der Waals surface area contributed by atoms with Crippen LogP contribution in [-0.2, 0) is 0 Å². The molecular formula is C7H12S2. The lowest BCUT2D eigenvalue weighted by Gasteiger charge is -1.95. The van der Waals surface area contributed by atoms with Gasteiger partial charge in [0.05, 0.1) is 0 Å². The molecule has 0 aromatic heterocycles. The molecule has 2 heteroatoms. The lowest BCUT2D eigenvalue weighted by Crippen LogP contribution is -1.80. The predicted molar refractivity (Wildman–Crippen MR) is 47.7 cm³/mol. The first-order chi connectivity index (χ1) is 4.43. The van der Waals surface area contributed by atoms with Crippen molar-refractivity contribution in [1.29, 1.82) is 0 Å². The lowest BCUT2D eigenvalue weighted by atomic mass is 10.1. The van der Waals surface area contributed by atoms with Crippen LogP contribution in [0.3, 0.4) is 0 Å². The van der Waals surface area contributed by atoms with Crippen LogP contribution in [0.25, 0.3) is 0 Å². The maximum Gasteiger partial charge on any atom is 0.0259 e. The summed E-state index contributed by atoms with van der Waals surface area (Å²) >= 11 is 0. The quantitative estimate of drug-likeness (QED) is 0.580. The summed E-state index contributed by atoms with van der Waals surface area (Å²) in [5.41, 5.74) is 1.65. The van der Waals surface area contributed by atoms with Crippen molar-refractivity contribution in [2.75, 3.05) is 5.75 Å². The Morgan fingerprint density at radius 2 is 2.56 bits per heavy atom. The fraction of sp³-hybridized carbons (Fsp3) is 0.714. The Morgan fingerprint density at radius 3 is 3.11 bits per heavy atom. The molecule has 0 aliphatic carbocycles. The molecule has 0 amide bonds. The Hall–Kier alpha value is 0.440. The van der Waals surface area contributed by atoms with E-state index in [1.54, 1.807) is 5.57 Å². The van der Waals surface area contributed by atoms with Gasteiger partial charge >= 0.3 is 0 Å². The molecule has 0 aromatic carbocycles. The van der Waals surface area contributed by atoms with Crippen LogP contribution in [-0.4, -0.2) is 5.75 Å². The second kappa shape index (κ2) is 4.29. The monoisotopic (exact) mass is 160 g/mol. The van der Waals surface area contributed by atoms with Crippen molar-refractivity contribution in [3.63, 3.8) is 0 Å². The molecule has 52 valence electrons. The summed E-state index contributed by atoms with van der Waals surface area (Å²) in [5.74, 6) is 1.27. The highest BCUT2D eigenvalue weighted by molar-refractivity contribution is 8.78. The zero-order valence-corrected chi connectivity index (χ0v) is 7.36. The van der Waals surface area contributed by atoms with Crippen molar-refractivity contribution in [3.8, 4) is 0 Å². The van der Waals surface area contributed by atoms with Gasteiger partial charge in [0.1, 0.15) is 0 Å². The largest absolute Gasteiger partial charge is 0.0851 e. The van der Waals surface area contributed by atoms with Gasteiger partial charge in [0.15, 0.2) is 0 Å². The lowest BCUT2D eigenvalue weighted by molar-refractivity contribution is 0.791.